The molecule has 0 amide bonds. The van der Waals surface area contributed by atoms with Gasteiger partial charge in [0.2, 0.25) is 0 Å². The molecule has 0 heterocycles. The molecule has 3 rings (SSSR count). The van der Waals surface area contributed by atoms with Crippen LogP contribution in [-0.2, 0) is 24.2 Å². The Morgan fingerprint density at radius 3 is 0.660 bits per heavy atom. The maximum atomic E-state index is 8.55. The van der Waals surface area contributed by atoms with Crippen molar-refractivity contribution < 1.29 is 32.7 Å². The average Bonchev–Trinajstić information content (AvgIpc) is 3.10. The molecule has 0 atom stereocenters. The van der Waals surface area contributed by atoms with Crippen molar-refractivity contribution >= 4 is 7.82 Å². The third-order valence-electron chi connectivity index (χ3n) is 10.1. The zero-order chi connectivity index (χ0) is 35.8. The summed E-state index contributed by atoms with van der Waals surface area (Å²) in [5.41, 5.74) is 4.37. The molecule has 0 bridgehead atoms. The summed E-state index contributed by atoms with van der Waals surface area (Å²) < 4.78 is 12.1. The molecule has 3 aromatic rings. The van der Waals surface area contributed by atoms with Crippen LogP contribution in [0.15, 0.2) is 91.0 Å². The minimum Gasteiger partial charge on any atom is -0.822 e. The van der Waals surface area contributed by atoms with Gasteiger partial charge in [0.15, 0.2) is 0 Å². The van der Waals surface area contributed by atoms with Crippen molar-refractivity contribution in [2.75, 3.05) is 58.9 Å². The molecule has 0 aliphatic carbocycles. The third kappa shape index (κ3) is 18.7. The van der Waals surface area contributed by atoms with E-state index in [1.807, 2.05) is 0 Å². The molecule has 0 aliphatic rings. The number of rotatable bonds is 15. The van der Waals surface area contributed by atoms with Gasteiger partial charge in [0, 0.05) is 16.7 Å². The Bertz CT molecular complexity index is 1020. The standard InChI is InChI=1S/3C13H22N.H3O4P/c3*1-4-14(5-2,6-3)12-13-10-8-7-9-11-13;1-5(2,3)4/h3*7-11H,4-6,12H2,1-3H3;(H3,1,2,3,4)/q3*+1;/p-3. The number of hydrogen-bond acceptors (Lipinski definition) is 4. The van der Waals surface area contributed by atoms with Crippen molar-refractivity contribution in [3.05, 3.63) is 108 Å². The number of phosphoric acid groups is 1. The predicted molar refractivity (Wildman–Crippen MR) is 194 cm³/mol. The number of hydrogen-bond donors (Lipinski definition) is 0. The Morgan fingerprint density at radius 2 is 0.532 bits per heavy atom. The third-order valence-corrected chi connectivity index (χ3v) is 10.1. The molecule has 0 N–H and O–H groups in total. The lowest BCUT2D eigenvalue weighted by Crippen LogP contribution is -2.46. The highest BCUT2D eigenvalue weighted by molar-refractivity contribution is 7.40. The van der Waals surface area contributed by atoms with Crippen molar-refractivity contribution in [3.63, 3.8) is 0 Å². The van der Waals surface area contributed by atoms with Crippen LogP contribution in [0.25, 0.3) is 0 Å². The summed E-state index contributed by atoms with van der Waals surface area (Å²) >= 11 is 0. The average molecular weight is 672 g/mol. The van der Waals surface area contributed by atoms with Crippen molar-refractivity contribution in [3.8, 4) is 0 Å². The van der Waals surface area contributed by atoms with E-state index in [0.717, 1.165) is 0 Å². The molecule has 0 radical (unpaired) electrons. The number of quaternary nitrogens is 3. The van der Waals surface area contributed by atoms with Gasteiger partial charge in [-0.05, 0) is 62.3 Å². The zero-order valence-corrected chi connectivity index (χ0v) is 32.0. The van der Waals surface area contributed by atoms with E-state index in [-0.39, 0.29) is 0 Å². The first-order valence-corrected chi connectivity index (χ1v) is 19.1. The maximum absolute atomic E-state index is 8.55. The number of benzene rings is 3. The van der Waals surface area contributed by atoms with Crippen LogP contribution in [0.3, 0.4) is 0 Å². The summed E-state index contributed by atoms with van der Waals surface area (Å²) in [6.07, 6.45) is 0. The Kier molecular flexibility index (Phi) is 22.7. The van der Waals surface area contributed by atoms with E-state index < -0.39 is 7.82 Å². The van der Waals surface area contributed by atoms with E-state index in [9.17, 15) is 0 Å². The molecular formula is C39H66N3O4P. The topological polar surface area (TPSA) is 86.2 Å². The second kappa shape index (κ2) is 23.9. The molecule has 3 aromatic carbocycles. The van der Waals surface area contributed by atoms with E-state index in [2.05, 4.69) is 153 Å². The molecule has 0 unspecified atom stereocenters. The van der Waals surface area contributed by atoms with E-state index in [1.54, 1.807) is 0 Å². The first kappa shape index (κ1) is 44.6. The van der Waals surface area contributed by atoms with E-state index >= 15 is 0 Å². The predicted octanol–water partition coefficient (Wildman–Crippen LogP) is 6.36. The molecule has 8 heteroatoms. The van der Waals surface area contributed by atoms with E-state index in [0.29, 0.717) is 0 Å². The molecule has 47 heavy (non-hydrogen) atoms. The van der Waals surface area contributed by atoms with Crippen molar-refractivity contribution in [2.24, 2.45) is 0 Å². The van der Waals surface area contributed by atoms with Crippen molar-refractivity contribution in [2.45, 2.75) is 81.9 Å². The monoisotopic (exact) mass is 671 g/mol. The van der Waals surface area contributed by atoms with Gasteiger partial charge >= 0.3 is 0 Å². The first-order chi connectivity index (χ1) is 22.3. The molecule has 0 aromatic heterocycles. The second-order valence-corrected chi connectivity index (χ2v) is 13.1. The van der Waals surface area contributed by atoms with Gasteiger partial charge in [0.05, 0.1) is 58.9 Å². The van der Waals surface area contributed by atoms with Crippen LogP contribution < -0.4 is 14.7 Å². The zero-order valence-electron chi connectivity index (χ0n) is 31.1. The minimum absolute atomic E-state index is 1.17. The molecule has 0 saturated carbocycles. The molecule has 266 valence electrons. The van der Waals surface area contributed by atoms with Gasteiger partial charge in [0.1, 0.15) is 19.6 Å². The highest BCUT2D eigenvalue weighted by Gasteiger charge is 2.22. The van der Waals surface area contributed by atoms with E-state index in [1.165, 1.54) is 109 Å². The van der Waals surface area contributed by atoms with Gasteiger partial charge in [-0.15, -0.1) is 0 Å². The van der Waals surface area contributed by atoms with Gasteiger partial charge in [-0.2, -0.15) is 7.82 Å². The Labute approximate surface area is 288 Å². The van der Waals surface area contributed by atoms with Crippen LogP contribution in [0.4, 0.5) is 0 Å². The van der Waals surface area contributed by atoms with Crippen LogP contribution in [-0.4, -0.2) is 72.4 Å². The number of nitrogens with zero attached hydrogens (tertiary/aromatic N) is 3. The van der Waals surface area contributed by atoms with E-state index in [4.69, 9.17) is 19.2 Å². The Balaban J connectivity index is 0.000000629. The summed E-state index contributed by atoms with van der Waals surface area (Å²) in [6, 6.07) is 32.4. The Hall–Kier alpha value is -2.35. The summed E-state index contributed by atoms with van der Waals surface area (Å²) in [4.78, 5) is 25.6. The van der Waals surface area contributed by atoms with Crippen LogP contribution in [0.1, 0.15) is 79.0 Å². The first-order valence-electron chi connectivity index (χ1n) is 17.7. The van der Waals surface area contributed by atoms with Crippen LogP contribution in [0, 0.1) is 0 Å². The van der Waals surface area contributed by atoms with Crippen LogP contribution >= 0.6 is 7.82 Å². The van der Waals surface area contributed by atoms with Gasteiger partial charge in [-0.3, -0.25) is 0 Å². The SMILES string of the molecule is CC[N+](CC)(CC)Cc1ccccc1.CC[N+](CC)(CC)Cc1ccccc1.CC[N+](CC)(CC)Cc1ccccc1.O=P([O-])([O-])[O-]. The lowest BCUT2D eigenvalue weighted by atomic mass is 10.2. The molecule has 7 nitrogen and oxygen atoms in total. The van der Waals surface area contributed by atoms with Crippen LogP contribution in [0.2, 0.25) is 0 Å². The fourth-order valence-corrected chi connectivity index (χ4v) is 5.93. The minimum atomic E-state index is -5.39. The lowest BCUT2D eigenvalue weighted by molar-refractivity contribution is -0.936. The van der Waals surface area contributed by atoms with Gasteiger partial charge in [0.25, 0.3) is 0 Å². The second-order valence-electron chi connectivity index (χ2n) is 12.2. The smallest absolute Gasteiger partial charge is 0.104 e. The molecule has 0 aliphatic heterocycles. The Morgan fingerprint density at radius 1 is 0.383 bits per heavy atom. The highest BCUT2D eigenvalue weighted by atomic mass is 31.2. The summed E-state index contributed by atoms with van der Waals surface area (Å²) in [5, 5.41) is 0. The van der Waals surface area contributed by atoms with Gasteiger partial charge < -0.3 is 32.7 Å². The molecule has 0 spiro atoms. The quantitative estimate of drug-likeness (QED) is 0.139. The van der Waals surface area contributed by atoms with Crippen LogP contribution in [0.5, 0.6) is 0 Å². The lowest BCUT2D eigenvalue weighted by Gasteiger charge is -2.36. The summed E-state index contributed by atoms with van der Waals surface area (Å²) in [7, 11) is -5.39. The fourth-order valence-electron chi connectivity index (χ4n) is 5.93. The molecule has 0 saturated heterocycles. The van der Waals surface area contributed by atoms with Crippen molar-refractivity contribution in [1.82, 2.24) is 0 Å². The highest BCUT2D eigenvalue weighted by Crippen LogP contribution is 2.15. The molecule has 0 fully saturated rings. The summed E-state index contributed by atoms with van der Waals surface area (Å²) in [6.45, 7) is 35.1. The van der Waals surface area contributed by atoms with Gasteiger partial charge in [-0.1, -0.05) is 91.0 Å². The van der Waals surface area contributed by atoms with Crippen molar-refractivity contribution in [1.29, 1.82) is 0 Å². The fraction of sp³-hybridized carbons (Fsp3) is 0.538. The summed E-state index contributed by atoms with van der Waals surface area (Å²) in [5.74, 6) is 0. The maximum Gasteiger partial charge on any atom is 0.104 e. The largest absolute Gasteiger partial charge is 0.822 e. The van der Waals surface area contributed by atoms with Gasteiger partial charge in [-0.25, -0.2) is 0 Å². The normalized spacial score (nSPS) is 11.7. The molecular weight excluding hydrogens is 605 g/mol.